The highest BCUT2D eigenvalue weighted by molar-refractivity contribution is 5.95. The van der Waals surface area contributed by atoms with Crippen molar-refractivity contribution < 1.29 is 19.1 Å². The van der Waals surface area contributed by atoms with E-state index in [9.17, 15) is 9.59 Å². The Hall–Kier alpha value is -3.02. The van der Waals surface area contributed by atoms with Crippen LogP contribution in [0.25, 0.3) is 0 Å². The fraction of sp³-hybridized carbons (Fsp3) is 0.263. The molecule has 0 aliphatic heterocycles. The van der Waals surface area contributed by atoms with E-state index in [0.29, 0.717) is 23.6 Å². The van der Waals surface area contributed by atoms with Gasteiger partial charge in [-0.25, -0.2) is 4.79 Å². The van der Waals surface area contributed by atoms with Crippen molar-refractivity contribution in [2.24, 2.45) is 0 Å². The molecule has 2 rings (SSSR count). The maximum Gasteiger partial charge on any atom is 0.338 e. The van der Waals surface area contributed by atoms with Crippen LogP contribution in [0.15, 0.2) is 42.5 Å². The zero-order valence-electron chi connectivity index (χ0n) is 14.6. The number of carbonyl (C=O) groups is 2. The van der Waals surface area contributed by atoms with Gasteiger partial charge in [0.2, 0.25) is 5.91 Å². The van der Waals surface area contributed by atoms with Crippen molar-refractivity contribution in [3.05, 3.63) is 53.6 Å². The number of ether oxygens (including phenoxy) is 2. The molecular weight excluding hydrogens is 320 g/mol. The molecular formula is C19H22N2O4. The molecule has 0 aromatic heterocycles. The van der Waals surface area contributed by atoms with Crippen LogP contribution < -0.4 is 15.4 Å². The number of hydrogen-bond donors (Lipinski definition) is 2. The number of hydrogen-bond acceptors (Lipinski definition) is 5. The van der Waals surface area contributed by atoms with Crippen LogP contribution in [-0.4, -0.2) is 32.1 Å². The molecule has 132 valence electrons. The molecule has 6 nitrogen and oxygen atoms in total. The lowest BCUT2D eigenvalue weighted by Gasteiger charge is -2.12. The van der Waals surface area contributed by atoms with Gasteiger partial charge in [0, 0.05) is 5.69 Å². The van der Waals surface area contributed by atoms with Crippen molar-refractivity contribution in [2.45, 2.75) is 13.8 Å². The summed E-state index contributed by atoms with van der Waals surface area (Å²) in [6.45, 7) is 4.14. The van der Waals surface area contributed by atoms with E-state index < -0.39 is 0 Å². The average molecular weight is 342 g/mol. The Balaban J connectivity index is 1.92. The Labute approximate surface area is 147 Å². The van der Waals surface area contributed by atoms with E-state index in [1.807, 2.05) is 25.1 Å². The van der Waals surface area contributed by atoms with Crippen molar-refractivity contribution in [1.29, 1.82) is 0 Å². The number of nitrogens with one attached hydrogen (secondary N) is 2. The first-order valence-electron chi connectivity index (χ1n) is 7.99. The number of amides is 1. The third-order valence-electron chi connectivity index (χ3n) is 3.47. The van der Waals surface area contributed by atoms with Gasteiger partial charge in [-0.05, 0) is 55.8 Å². The average Bonchev–Trinajstić information content (AvgIpc) is 2.61. The highest BCUT2D eigenvalue weighted by Crippen LogP contribution is 2.24. The first-order valence-corrected chi connectivity index (χ1v) is 7.99. The first kappa shape index (κ1) is 18.3. The minimum atomic E-state index is -0.381. The fourth-order valence-electron chi connectivity index (χ4n) is 2.24. The van der Waals surface area contributed by atoms with Gasteiger partial charge in [-0.3, -0.25) is 4.79 Å². The number of rotatable bonds is 7. The van der Waals surface area contributed by atoms with Crippen molar-refractivity contribution in [3.8, 4) is 5.75 Å². The molecule has 2 aromatic rings. The van der Waals surface area contributed by atoms with E-state index >= 15 is 0 Å². The summed E-state index contributed by atoms with van der Waals surface area (Å²) >= 11 is 0. The predicted octanol–water partition coefficient (Wildman–Crippen LogP) is 3.23. The molecule has 0 saturated heterocycles. The Morgan fingerprint density at radius 3 is 2.44 bits per heavy atom. The minimum Gasteiger partial charge on any atom is -0.495 e. The van der Waals surface area contributed by atoms with Gasteiger partial charge in [0.05, 0.1) is 31.5 Å². The third kappa shape index (κ3) is 5.24. The second-order valence-electron chi connectivity index (χ2n) is 5.40. The number of aryl methyl sites for hydroxylation is 1. The molecule has 2 N–H and O–H groups in total. The second kappa shape index (κ2) is 8.73. The Bertz CT molecular complexity index is 742. The fourth-order valence-corrected chi connectivity index (χ4v) is 2.24. The van der Waals surface area contributed by atoms with E-state index in [0.717, 1.165) is 11.3 Å². The van der Waals surface area contributed by atoms with E-state index in [4.69, 9.17) is 9.47 Å². The molecule has 6 heteroatoms. The van der Waals surface area contributed by atoms with E-state index in [1.165, 1.54) is 0 Å². The summed E-state index contributed by atoms with van der Waals surface area (Å²) in [6, 6.07) is 12.3. The maximum atomic E-state index is 12.1. The number of methoxy groups -OCH3 is 1. The van der Waals surface area contributed by atoms with Crippen molar-refractivity contribution in [1.82, 2.24) is 0 Å². The van der Waals surface area contributed by atoms with Crippen molar-refractivity contribution in [2.75, 3.05) is 30.9 Å². The van der Waals surface area contributed by atoms with Crippen LogP contribution in [0, 0.1) is 6.92 Å². The molecule has 1 amide bonds. The predicted molar refractivity (Wildman–Crippen MR) is 97.2 cm³/mol. The zero-order valence-corrected chi connectivity index (χ0v) is 14.6. The molecule has 0 fully saturated rings. The maximum absolute atomic E-state index is 12.1. The van der Waals surface area contributed by atoms with Gasteiger partial charge in [0.1, 0.15) is 5.75 Å². The molecule has 0 saturated carbocycles. The zero-order chi connectivity index (χ0) is 18.2. The monoisotopic (exact) mass is 342 g/mol. The molecule has 0 radical (unpaired) electrons. The first-order chi connectivity index (χ1) is 12.0. The van der Waals surface area contributed by atoms with Crippen LogP contribution >= 0.6 is 0 Å². The highest BCUT2D eigenvalue weighted by atomic mass is 16.5. The molecule has 25 heavy (non-hydrogen) atoms. The SMILES string of the molecule is CCOC(=O)c1ccc(NC(=O)CNc2cc(C)ccc2OC)cc1. The lowest BCUT2D eigenvalue weighted by molar-refractivity contribution is -0.114. The summed E-state index contributed by atoms with van der Waals surface area (Å²) in [7, 11) is 1.58. The van der Waals surface area contributed by atoms with Crippen LogP contribution in [0.1, 0.15) is 22.8 Å². The Morgan fingerprint density at radius 2 is 1.80 bits per heavy atom. The van der Waals surface area contributed by atoms with E-state index in [1.54, 1.807) is 38.3 Å². The molecule has 0 aliphatic carbocycles. The summed E-state index contributed by atoms with van der Waals surface area (Å²) in [5.41, 5.74) is 2.88. The summed E-state index contributed by atoms with van der Waals surface area (Å²) < 4.78 is 10.2. The summed E-state index contributed by atoms with van der Waals surface area (Å²) in [5, 5.41) is 5.83. The summed E-state index contributed by atoms with van der Waals surface area (Å²) in [4.78, 5) is 23.7. The van der Waals surface area contributed by atoms with Crippen molar-refractivity contribution in [3.63, 3.8) is 0 Å². The lowest BCUT2D eigenvalue weighted by atomic mass is 10.2. The lowest BCUT2D eigenvalue weighted by Crippen LogP contribution is -2.22. The third-order valence-corrected chi connectivity index (χ3v) is 3.47. The molecule has 2 aromatic carbocycles. The standard InChI is InChI=1S/C19H22N2O4/c1-4-25-19(23)14-6-8-15(9-7-14)21-18(22)12-20-16-11-13(2)5-10-17(16)24-3/h5-11,20H,4,12H2,1-3H3,(H,21,22). The number of carbonyl (C=O) groups excluding carboxylic acids is 2. The Morgan fingerprint density at radius 1 is 1.08 bits per heavy atom. The molecule has 0 spiro atoms. The van der Waals surface area contributed by atoms with Gasteiger partial charge in [0.15, 0.2) is 0 Å². The quantitative estimate of drug-likeness (QED) is 0.756. The van der Waals surface area contributed by atoms with Gasteiger partial charge >= 0.3 is 5.97 Å². The summed E-state index contributed by atoms with van der Waals surface area (Å²) in [6.07, 6.45) is 0. The second-order valence-corrected chi connectivity index (χ2v) is 5.40. The normalized spacial score (nSPS) is 10.0. The van der Waals surface area contributed by atoms with Crippen LogP contribution in [0.4, 0.5) is 11.4 Å². The largest absolute Gasteiger partial charge is 0.495 e. The number of benzene rings is 2. The Kier molecular flexibility index (Phi) is 6.39. The smallest absolute Gasteiger partial charge is 0.338 e. The van der Waals surface area contributed by atoms with Crippen LogP contribution in [-0.2, 0) is 9.53 Å². The molecule has 0 bridgehead atoms. The van der Waals surface area contributed by atoms with Crippen LogP contribution in [0.5, 0.6) is 5.75 Å². The highest BCUT2D eigenvalue weighted by Gasteiger charge is 2.08. The van der Waals surface area contributed by atoms with Crippen molar-refractivity contribution >= 4 is 23.3 Å². The van der Waals surface area contributed by atoms with E-state index in [-0.39, 0.29) is 18.4 Å². The summed E-state index contributed by atoms with van der Waals surface area (Å²) in [5.74, 6) is 0.0956. The number of anilines is 2. The molecule has 0 unspecified atom stereocenters. The van der Waals surface area contributed by atoms with Gasteiger partial charge in [-0.1, -0.05) is 6.07 Å². The minimum absolute atomic E-state index is 0.0967. The molecule has 0 heterocycles. The topological polar surface area (TPSA) is 76.7 Å². The molecule has 0 aliphatic rings. The molecule has 0 atom stereocenters. The number of esters is 1. The van der Waals surface area contributed by atoms with Gasteiger partial charge < -0.3 is 20.1 Å². The van der Waals surface area contributed by atoms with Gasteiger partial charge in [-0.15, -0.1) is 0 Å². The van der Waals surface area contributed by atoms with Crippen LogP contribution in [0.3, 0.4) is 0 Å². The van der Waals surface area contributed by atoms with E-state index in [2.05, 4.69) is 10.6 Å². The van der Waals surface area contributed by atoms with Gasteiger partial charge in [-0.2, -0.15) is 0 Å². The van der Waals surface area contributed by atoms with Gasteiger partial charge in [0.25, 0.3) is 0 Å². The van der Waals surface area contributed by atoms with Crippen LogP contribution in [0.2, 0.25) is 0 Å².